The molecule has 6 aromatic rings. The van der Waals surface area contributed by atoms with Crippen LogP contribution in [-0.4, -0.2) is 9.97 Å². The number of rotatable bonds is 3. The summed E-state index contributed by atoms with van der Waals surface area (Å²) in [6.07, 6.45) is 0. The summed E-state index contributed by atoms with van der Waals surface area (Å²) < 4.78 is 6.26. The first-order valence-corrected chi connectivity index (χ1v) is 12.3. The Morgan fingerprint density at radius 1 is 0.632 bits per heavy atom. The normalized spacial score (nSPS) is 11.4. The lowest BCUT2D eigenvalue weighted by atomic mass is 9.93. The minimum Gasteiger partial charge on any atom is -0.438 e. The van der Waals surface area contributed by atoms with E-state index in [2.05, 4.69) is 71.7 Å². The lowest BCUT2D eigenvalue weighted by molar-refractivity contribution is 0.468. The van der Waals surface area contributed by atoms with E-state index in [4.69, 9.17) is 15.5 Å². The second kappa shape index (κ2) is 8.58. The second-order valence-corrected chi connectivity index (χ2v) is 9.19. The van der Waals surface area contributed by atoms with Gasteiger partial charge in [0.05, 0.1) is 16.6 Å². The average molecular weight is 489 g/mol. The van der Waals surface area contributed by atoms with E-state index in [0.717, 1.165) is 44.6 Å². The zero-order valence-electron chi connectivity index (χ0n) is 20.2. The van der Waals surface area contributed by atoms with E-state index in [-0.39, 0.29) is 11.4 Å². The maximum absolute atomic E-state index is 9.92. The third-order valence-corrected chi connectivity index (χ3v) is 6.93. The maximum Gasteiger partial charge on any atom is 0.231 e. The first kappa shape index (κ1) is 21.8. The van der Waals surface area contributed by atoms with Gasteiger partial charge < -0.3 is 10.5 Å². The number of fused-ring (bicyclic) bond motifs is 2. The summed E-state index contributed by atoms with van der Waals surface area (Å²) in [6.45, 7) is 0. The monoisotopic (exact) mass is 488 g/mol. The molecule has 178 valence electrons. The number of nitriles is 1. The van der Waals surface area contributed by atoms with Gasteiger partial charge in [-0.25, -0.2) is 4.98 Å². The molecule has 5 heteroatoms. The molecule has 4 aromatic carbocycles. The van der Waals surface area contributed by atoms with Crippen molar-refractivity contribution < 1.29 is 4.74 Å². The lowest BCUT2D eigenvalue weighted by Gasteiger charge is -2.22. The van der Waals surface area contributed by atoms with Crippen molar-refractivity contribution >= 4 is 16.7 Å². The van der Waals surface area contributed by atoms with Crippen LogP contribution < -0.4 is 10.5 Å². The van der Waals surface area contributed by atoms with Crippen LogP contribution in [-0.2, 0) is 0 Å². The van der Waals surface area contributed by atoms with Crippen LogP contribution in [0.5, 0.6) is 11.6 Å². The highest BCUT2D eigenvalue weighted by atomic mass is 16.5. The Morgan fingerprint density at radius 2 is 1.24 bits per heavy atom. The van der Waals surface area contributed by atoms with Gasteiger partial charge in [0.1, 0.15) is 23.2 Å². The van der Waals surface area contributed by atoms with E-state index in [1.807, 2.05) is 48.5 Å². The number of aromatic nitrogens is 2. The molecular weight excluding hydrogens is 468 g/mol. The molecule has 0 amide bonds. The zero-order chi connectivity index (χ0) is 25.6. The Kier molecular flexibility index (Phi) is 4.92. The van der Waals surface area contributed by atoms with Gasteiger partial charge in [0.15, 0.2) is 0 Å². The summed E-state index contributed by atoms with van der Waals surface area (Å²) in [7, 11) is 0. The van der Waals surface area contributed by atoms with Gasteiger partial charge in [-0.2, -0.15) is 10.2 Å². The van der Waals surface area contributed by atoms with Crippen molar-refractivity contribution in [2.45, 2.75) is 0 Å². The summed E-state index contributed by atoms with van der Waals surface area (Å²) in [5.74, 6) is 1.16. The third kappa shape index (κ3) is 3.47. The number of nitrogens with two attached hydrogens (primary N) is 1. The number of anilines is 1. The minimum atomic E-state index is 0.104. The predicted octanol–water partition coefficient (Wildman–Crippen LogP) is 7.86. The molecular formula is C33H20N4O. The van der Waals surface area contributed by atoms with Gasteiger partial charge in [0.2, 0.25) is 5.88 Å². The molecule has 0 atom stereocenters. The lowest BCUT2D eigenvalue weighted by Crippen LogP contribution is -2.06. The first-order valence-electron chi connectivity index (χ1n) is 12.3. The van der Waals surface area contributed by atoms with E-state index in [1.54, 1.807) is 0 Å². The summed E-state index contributed by atoms with van der Waals surface area (Å²) in [6, 6.07) is 39.1. The van der Waals surface area contributed by atoms with Crippen molar-refractivity contribution in [1.29, 1.82) is 5.26 Å². The van der Waals surface area contributed by atoms with Gasteiger partial charge in [-0.15, -0.1) is 0 Å². The highest BCUT2D eigenvalue weighted by molar-refractivity contribution is 6.06. The summed E-state index contributed by atoms with van der Waals surface area (Å²) >= 11 is 0. The van der Waals surface area contributed by atoms with E-state index in [9.17, 15) is 5.26 Å². The third-order valence-electron chi connectivity index (χ3n) is 6.93. The Bertz CT molecular complexity index is 1890. The van der Waals surface area contributed by atoms with Gasteiger partial charge in [0, 0.05) is 16.7 Å². The Balaban J connectivity index is 1.43. The number of hydrogen-bond acceptors (Lipinski definition) is 5. The molecule has 0 unspecified atom stereocenters. The molecule has 2 N–H and O–H groups in total. The number of benzene rings is 4. The Labute approximate surface area is 219 Å². The van der Waals surface area contributed by atoms with Crippen LogP contribution in [0.4, 0.5) is 5.82 Å². The van der Waals surface area contributed by atoms with E-state index in [1.165, 1.54) is 0 Å². The van der Waals surface area contributed by atoms with E-state index < -0.39 is 0 Å². The SMILES string of the molecule is N#Cc1c(N)nc2c3c(cc(-c4ccc(-c5ccccc5)cc4)nc13)-c1ccc(-c3ccccc3)cc1O2. The summed E-state index contributed by atoms with van der Waals surface area (Å²) in [4.78, 5) is 9.34. The van der Waals surface area contributed by atoms with Crippen molar-refractivity contribution in [2.24, 2.45) is 0 Å². The molecule has 38 heavy (non-hydrogen) atoms. The number of ether oxygens (including phenoxy) is 1. The standard InChI is InChI=1S/C33H20N4O/c34-19-27-31-30-26(18-28(36-31)23-13-11-22(12-14-23)20-7-3-1-4-8-20)25-16-15-24(21-9-5-2-6-10-21)17-29(25)38-33(30)37-32(27)35/h1-18H,(H2,35,37). The highest BCUT2D eigenvalue weighted by Gasteiger charge is 2.26. The number of nitrogen functional groups attached to an aromatic ring is 1. The van der Waals surface area contributed by atoms with Crippen LogP contribution in [0.15, 0.2) is 109 Å². The Morgan fingerprint density at radius 3 is 1.92 bits per heavy atom. The summed E-state index contributed by atoms with van der Waals surface area (Å²) in [5.41, 5.74) is 14.9. The molecule has 1 aliphatic heterocycles. The molecule has 0 radical (unpaired) electrons. The van der Waals surface area contributed by atoms with Crippen LogP contribution in [0.3, 0.4) is 0 Å². The van der Waals surface area contributed by atoms with E-state index in [0.29, 0.717) is 22.5 Å². The molecule has 1 aliphatic rings. The van der Waals surface area contributed by atoms with Crippen LogP contribution in [0.25, 0.3) is 55.5 Å². The molecule has 0 bridgehead atoms. The van der Waals surface area contributed by atoms with Crippen LogP contribution in [0.2, 0.25) is 0 Å². The number of nitrogens with zero attached hydrogens (tertiary/aromatic N) is 3. The first-order chi connectivity index (χ1) is 18.7. The van der Waals surface area contributed by atoms with Crippen LogP contribution in [0, 0.1) is 11.3 Å². The largest absolute Gasteiger partial charge is 0.438 e. The highest BCUT2D eigenvalue weighted by Crippen LogP contribution is 2.48. The van der Waals surface area contributed by atoms with Crippen molar-refractivity contribution in [3.63, 3.8) is 0 Å². The van der Waals surface area contributed by atoms with Crippen molar-refractivity contribution in [3.05, 3.63) is 115 Å². The molecule has 0 saturated carbocycles. The molecule has 0 saturated heterocycles. The van der Waals surface area contributed by atoms with Gasteiger partial charge >= 0.3 is 0 Å². The fraction of sp³-hybridized carbons (Fsp3) is 0. The van der Waals surface area contributed by atoms with Crippen molar-refractivity contribution in [2.75, 3.05) is 5.73 Å². The van der Waals surface area contributed by atoms with Crippen molar-refractivity contribution in [1.82, 2.24) is 9.97 Å². The van der Waals surface area contributed by atoms with E-state index >= 15 is 0 Å². The fourth-order valence-electron chi connectivity index (χ4n) is 5.04. The fourth-order valence-corrected chi connectivity index (χ4v) is 5.04. The van der Waals surface area contributed by atoms with Crippen molar-refractivity contribution in [3.8, 4) is 62.3 Å². The minimum absolute atomic E-state index is 0.104. The molecule has 0 spiro atoms. The zero-order valence-corrected chi connectivity index (χ0v) is 20.2. The number of pyridine rings is 2. The van der Waals surface area contributed by atoms with Crippen LogP contribution in [0.1, 0.15) is 5.56 Å². The molecule has 5 nitrogen and oxygen atoms in total. The van der Waals surface area contributed by atoms with Gasteiger partial charge in [-0.3, -0.25) is 0 Å². The molecule has 7 rings (SSSR count). The van der Waals surface area contributed by atoms with Gasteiger partial charge in [-0.05, 0) is 40.5 Å². The summed E-state index contributed by atoms with van der Waals surface area (Å²) in [5, 5.41) is 10.6. The predicted molar refractivity (Wildman–Crippen MR) is 150 cm³/mol. The smallest absolute Gasteiger partial charge is 0.231 e. The molecule has 3 heterocycles. The Hall–Kier alpha value is -5.47. The second-order valence-electron chi connectivity index (χ2n) is 9.19. The molecule has 0 fully saturated rings. The molecule has 0 aliphatic carbocycles. The maximum atomic E-state index is 9.92. The average Bonchev–Trinajstić information content (AvgIpc) is 2.98. The van der Waals surface area contributed by atoms with Gasteiger partial charge in [-0.1, -0.05) is 91.0 Å². The topological polar surface area (TPSA) is 84.8 Å². The number of hydrogen-bond donors (Lipinski definition) is 1. The quantitative estimate of drug-likeness (QED) is 0.274. The van der Waals surface area contributed by atoms with Gasteiger partial charge in [0.25, 0.3) is 0 Å². The molecule has 2 aromatic heterocycles. The van der Waals surface area contributed by atoms with Crippen LogP contribution >= 0.6 is 0 Å².